The van der Waals surface area contributed by atoms with Gasteiger partial charge in [-0.25, -0.2) is 9.78 Å². The molecule has 2 heterocycles. The Kier molecular flexibility index (Phi) is 4.25. The van der Waals surface area contributed by atoms with Gasteiger partial charge in [-0.1, -0.05) is 0 Å². The standard InChI is InChI=1S/C13H17N5O2/c1-2-20-13(19)18-5-3-17(4-6-18)12-10(8-14)7-11(15)9-16-12/h7,9H,2-6,15H2,1H3. The minimum absolute atomic E-state index is 0.294. The van der Waals surface area contributed by atoms with Gasteiger partial charge in [-0.3, -0.25) is 0 Å². The van der Waals surface area contributed by atoms with E-state index in [0.717, 1.165) is 0 Å². The molecule has 0 bridgehead atoms. The largest absolute Gasteiger partial charge is 0.450 e. The van der Waals surface area contributed by atoms with E-state index >= 15 is 0 Å². The van der Waals surface area contributed by atoms with Crippen LogP contribution in [0.4, 0.5) is 16.3 Å². The van der Waals surface area contributed by atoms with Crippen LogP contribution in [0.25, 0.3) is 0 Å². The number of ether oxygens (including phenoxy) is 1. The van der Waals surface area contributed by atoms with Crippen molar-refractivity contribution >= 4 is 17.6 Å². The fourth-order valence-corrected chi connectivity index (χ4v) is 2.12. The Morgan fingerprint density at radius 2 is 2.20 bits per heavy atom. The molecule has 1 aliphatic rings. The molecule has 2 N–H and O–H groups in total. The molecule has 7 nitrogen and oxygen atoms in total. The summed E-state index contributed by atoms with van der Waals surface area (Å²) in [6, 6.07) is 3.71. The first-order chi connectivity index (χ1) is 9.65. The molecule has 0 radical (unpaired) electrons. The molecule has 7 heteroatoms. The molecule has 1 saturated heterocycles. The van der Waals surface area contributed by atoms with Gasteiger partial charge < -0.3 is 20.3 Å². The second-order valence-corrected chi connectivity index (χ2v) is 4.42. The monoisotopic (exact) mass is 275 g/mol. The van der Waals surface area contributed by atoms with Crippen LogP contribution in [0.3, 0.4) is 0 Å². The molecule has 1 amide bonds. The predicted molar refractivity (Wildman–Crippen MR) is 74.2 cm³/mol. The Hall–Kier alpha value is -2.49. The smallest absolute Gasteiger partial charge is 0.409 e. The first kappa shape index (κ1) is 13.9. The highest BCUT2D eigenvalue weighted by Gasteiger charge is 2.24. The molecule has 0 saturated carbocycles. The summed E-state index contributed by atoms with van der Waals surface area (Å²) < 4.78 is 4.97. The van der Waals surface area contributed by atoms with Crippen LogP contribution < -0.4 is 10.6 Å². The molecule has 0 spiro atoms. The fourth-order valence-electron chi connectivity index (χ4n) is 2.12. The van der Waals surface area contributed by atoms with Crippen LogP contribution in [-0.2, 0) is 4.74 Å². The summed E-state index contributed by atoms with van der Waals surface area (Å²) >= 11 is 0. The molecular formula is C13H17N5O2. The van der Waals surface area contributed by atoms with Gasteiger partial charge >= 0.3 is 6.09 Å². The molecule has 20 heavy (non-hydrogen) atoms. The summed E-state index contributed by atoms with van der Waals surface area (Å²) in [6.07, 6.45) is 1.24. The lowest BCUT2D eigenvalue weighted by Crippen LogP contribution is -2.49. The van der Waals surface area contributed by atoms with Gasteiger partial charge in [0.1, 0.15) is 11.9 Å². The molecule has 1 aromatic heterocycles. The number of anilines is 2. The quantitative estimate of drug-likeness (QED) is 0.858. The van der Waals surface area contributed by atoms with Gasteiger partial charge in [-0.15, -0.1) is 0 Å². The van der Waals surface area contributed by atoms with E-state index in [1.165, 1.54) is 6.20 Å². The molecule has 1 fully saturated rings. The molecule has 1 aromatic rings. The third-order valence-electron chi connectivity index (χ3n) is 3.11. The Balaban J connectivity index is 2.04. The van der Waals surface area contributed by atoms with Crippen molar-refractivity contribution in [2.75, 3.05) is 43.4 Å². The number of hydrogen-bond donors (Lipinski definition) is 1. The maximum Gasteiger partial charge on any atom is 0.409 e. The number of carbonyl (C=O) groups excluding carboxylic acids is 1. The van der Waals surface area contributed by atoms with Gasteiger partial charge in [-0.2, -0.15) is 5.26 Å². The molecule has 106 valence electrons. The maximum absolute atomic E-state index is 11.6. The third-order valence-corrected chi connectivity index (χ3v) is 3.11. The van der Waals surface area contributed by atoms with Gasteiger partial charge in [0.2, 0.25) is 0 Å². The van der Waals surface area contributed by atoms with Crippen molar-refractivity contribution in [1.29, 1.82) is 5.26 Å². The second-order valence-electron chi connectivity index (χ2n) is 4.42. The summed E-state index contributed by atoms with van der Waals surface area (Å²) in [7, 11) is 0. The normalized spacial score (nSPS) is 14.8. The fraction of sp³-hybridized carbons (Fsp3) is 0.462. The Labute approximate surface area is 117 Å². The lowest BCUT2D eigenvalue weighted by molar-refractivity contribution is 0.105. The van der Waals surface area contributed by atoms with Crippen molar-refractivity contribution in [3.05, 3.63) is 17.8 Å². The van der Waals surface area contributed by atoms with E-state index in [4.69, 9.17) is 15.7 Å². The van der Waals surface area contributed by atoms with Crippen LogP contribution in [0.15, 0.2) is 12.3 Å². The summed E-state index contributed by atoms with van der Waals surface area (Å²) in [5.41, 5.74) is 6.55. The van der Waals surface area contributed by atoms with Gasteiger partial charge in [0.05, 0.1) is 24.1 Å². The zero-order valence-corrected chi connectivity index (χ0v) is 11.4. The number of nitrogen functional groups attached to an aromatic ring is 1. The van der Waals surface area contributed by atoms with Crippen molar-refractivity contribution in [2.24, 2.45) is 0 Å². The van der Waals surface area contributed by atoms with Gasteiger partial charge in [0.25, 0.3) is 0 Å². The topological polar surface area (TPSA) is 95.5 Å². The van der Waals surface area contributed by atoms with Crippen molar-refractivity contribution in [2.45, 2.75) is 6.92 Å². The first-order valence-electron chi connectivity index (χ1n) is 6.48. The molecule has 1 aliphatic heterocycles. The number of hydrogen-bond acceptors (Lipinski definition) is 6. The van der Waals surface area contributed by atoms with Crippen molar-refractivity contribution in [3.63, 3.8) is 0 Å². The van der Waals surface area contributed by atoms with Crippen molar-refractivity contribution in [3.8, 4) is 6.07 Å². The average molecular weight is 275 g/mol. The van der Waals surface area contributed by atoms with Crippen LogP contribution >= 0.6 is 0 Å². The SMILES string of the molecule is CCOC(=O)N1CCN(c2ncc(N)cc2C#N)CC1. The summed E-state index contributed by atoms with van der Waals surface area (Å²) in [5, 5.41) is 9.13. The minimum atomic E-state index is -0.294. The van der Waals surface area contributed by atoms with Crippen LogP contribution in [0, 0.1) is 11.3 Å². The lowest BCUT2D eigenvalue weighted by atomic mass is 10.2. The summed E-state index contributed by atoms with van der Waals surface area (Å²) in [6.45, 7) is 4.49. The molecular weight excluding hydrogens is 258 g/mol. The summed E-state index contributed by atoms with van der Waals surface area (Å²) in [4.78, 5) is 19.5. The van der Waals surface area contributed by atoms with Crippen LogP contribution in [0.2, 0.25) is 0 Å². The zero-order valence-electron chi connectivity index (χ0n) is 11.4. The lowest BCUT2D eigenvalue weighted by Gasteiger charge is -2.35. The Bertz CT molecular complexity index is 532. The highest BCUT2D eigenvalue weighted by atomic mass is 16.6. The summed E-state index contributed by atoms with van der Waals surface area (Å²) in [5.74, 6) is 0.616. The molecule has 0 aliphatic carbocycles. The highest BCUT2D eigenvalue weighted by Crippen LogP contribution is 2.20. The first-order valence-corrected chi connectivity index (χ1v) is 6.48. The number of pyridine rings is 1. The Morgan fingerprint density at radius 3 is 2.80 bits per heavy atom. The molecule has 2 rings (SSSR count). The van der Waals surface area contributed by atoms with E-state index in [9.17, 15) is 4.79 Å². The van der Waals surface area contributed by atoms with E-state index in [2.05, 4.69) is 11.1 Å². The van der Waals surface area contributed by atoms with Gasteiger partial charge in [0, 0.05) is 26.2 Å². The number of piperazine rings is 1. The van der Waals surface area contributed by atoms with Gasteiger partial charge in [0.15, 0.2) is 0 Å². The van der Waals surface area contributed by atoms with E-state index < -0.39 is 0 Å². The van der Waals surface area contributed by atoms with Crippen LogP contribution in [-0.4, -0.2) is 48.8 Å². The zero-order chi connectivity index (χ0) is 14.5. The number of carbonyl (C=O) groups is 1. The molecule has 0 unspecified atom stereocenters. The Morgan fingerprint density at radius 1 is 1.50 bits per heavy atom. The number of nitrogens with zero attached hydrogens (tertiary/aromatic N) is 4. The highest BCUT2D eigenvalue weighted by molar-refractivity contribution is 5.68. The van der Waals surface area contributed by atoms with E-state index in [-0.39, 0.29) is 6.09 Å². The second kappa shape index (κ2) is 6.10. The third kappa shape index (κ3) is 2.91. The molecule has 0 atom stereocenters. The average Bonchev–Trinajstić information content (AvgIpc) is 2.47. The predicted octanol–water partition coefficient (Wildman–Crippen LogP) is 0.814. The molecule has 0 aromatic carbocycles. The number of aromatic nitrogens is 1. The minimum Gasteiger partial charge on any atom is -0.450 e. The van der Waals surface area contributed by atoms with Crippen LogP contribution in [0.5, 0.6) is 0 Å². The number of nitriles is 1. The van der Waals surface area contributed by atoms with Crippen molar-refractivity contribution < 1.29 is 9.53 Å². The van der Waals surface area contributed by atoms with Gasteiger partial charge in [-0.05, 0) is 13.0 Å². The maximum atomic E-state index is 11.6. The number of nitrogens with two attached hydrogens (primary N) is 1. The number of rotatable bonds is 2. The number of amides is 1. The van der Waals surface area contributed by atoms with Crippen LogP contribution in [0.1, 0.15) is 12.5 Å². The van der Waals surface area contributed by atoms with E-state index in [1.54, 1.807) is 17.9 Å². The van der Waals surface area contributed by atoms with E-state index in [1.807, 2.05) is 4.90 Å². The van der Waals surface area contributed by atoms with E-state index in [0.29, 0.717) is 49.9 Å². The van der Waals surface area contributed by atoms with Crippen molar-refractivity contribution in [1.82, 2.24) is 9.88 Å².